The first-order valence-corrected chi connectivity index (χ1v) is 18.1. The molecule has 0 spiro atoms. The summed E-state index contributed by atoms with van der Waals surface area (Å²) in [6.07, 6.45) is 2.39. The second-order valence-corrected chi connectivity index (χ2v) is 18.1. The van der Waals surface area contributed by atoms with E-state index in [1.807, 2.05) is 0 Å². The van der Waals surface area contributed by atoms with Crippen molar-refractivity contribution in [2.75, 3.05) is 0 Å². The van der Waals surface area contributed by atoms with E-state index in [0.29, 0.717) is 0 Å². The van der Waals surface area contributed by atoms with Gasteiger partial charge in [-0.3, -0.25) is 0 Å². The molecule has 4 rings (SSSR count). The van der Waals surface area contributed by atoms with Crippen molar-refractivity contribution in [3.8, 4) is 22.3 Å². The number of hydrogen-bond acceptors (Lipinski definition) is 0. The molecule has 1 aliphatic rings. The third-order valence-corrected chi connectivity index (χ3v) is 11.1. The fourth-order valence-corrected chi connectivity index (χ4v) is 10.4. The van der Waals surface area contributed by atoms with Crippen LogP contribution in [0.15, 0.2) is 66.2 Å². The van der Waals surface area contributed by atoms with Crippen LogP contribution in [0.3, 0.4) is 0 Å². The molecule has 1 atom stereocenters. The Balaban J connectivity index is 2.07. The molecule has 3 heteroatoms. The first-order chi connectivity index (χ1) is 14.2. The van der Waals surface area contributed by atoms with E-state index in [1.54, 1.807) is 0 Å². The number of halogens is 2. The molecule has 0 saturated carbocycles. The Morgan fingerprint density at radius 2 is 1.43 bits per heavy atom. The number of allylic oxidation sites excluding steroid dienone is 1. The van der Waals surface area contributed by atoms with Crippen molar-refractivity contribution in [1.82, 2.24) is 0 Å². The van der Waals surface area contributed by atoms with Gasteiger partial charge in [-0.25, -0.2) is 0 Å². The van der Waals surface area contributed by atoms with E-state index in [-0.39, 0.29) is 9.04 Å². The van der Waals surface area contributed by atoms with Gasteiger partial charge < -0.3 is 0 Å². The Morgan fingerprint density at radius 3 is 2.00 bits per heavy atom. The molecule has 3 aromatic rings. The number of benzene rings is 3. The number of fused-ring (bicyclic) bond motifs is 1. The van der Waals surface area contributed by atoms with E-state index in [9.17, 15) is 0 Å². The second-order valence-electron chi connectivity index (χ2n) is 9.31. The van der Waals surface area contributed by atoms with E-state index in [4.69, 9.17) is 17.0 Å². The molecular formula is C27H27Cl2Zr. The maximum atomic E-state index is 6.74. The Kier molecular flexibility index (Phi) is 6.20. The average molecular weight is 514 g/mol. The van der Waals surface area contributed by atoms with Crippen molar-refractivity contribution in [3.05, 3.63) is 88.5 Å². The first-order valence-electron chi connectivity index (χ1n) is 10.4. The molecule has 0 nitrogen and oxygen atoms in total. The first kappa shape index (κ1) is 22.1. The summed E-state index contributed by atoms with van der Waals surface area (Å²) in [5, 5.41) is 0. The molecule has 0 bridgehead atoms. The Hall–Kier alpha value is -1.14. The zero-order chi connectivity index (χ0) is 21.6. The van der Waals surface area contributed by atoms with Crippen molar-refractivity contribution in [1.29, 1.82) is 0 Å². The molecular weight excluding hydrogens is 486 g/mol. The van der Waals surface area contributed by atoms with Crippen LogP contribution in [0, 0.1) is 19.3 Å². The topological polar surface area (TPSA) is 0 Å². The summed E-state index contributed by atoms with van der Waals surface area (Å²) >= 11 is -2.58. The SMILES string of the molecule is Cc1cc(C)cc(-c2c(-c3ccccc3)ccc3c2C=C(C(C)(C)C)[CH]3[Zr]([Cl])[Cl])c1. The Labute approximate surface area is 195 Å². The standard InChI is InChI=1S/C27H27.2ClH.Zr/c1-18-13-19(2)15-22(14-18)26-24(20-9-7-6-8-10-20)12-11-21-16-23(17-25(21)26)27(3,4)5;;;/h6-17H,1-5H3;2*1H;/q;;;+2/p-2. The Morgan fingerprint density at radius 1 is 0.800 bits per heavy atom. The van der Waals surface area contributed by atoms with Crippen molar-refractivity contribution in [2.45, 2.75) is 38.2 Å². The summed E-state index contributed by atoms with van der Waals surface area (Å²) in [5.74, 6) is 0. The van der Waals surface area contributed by atoms with Gasteiger partial charge in [0.2, 0.25) is 0 Å². The predicted octanol–water partition coefficient (Wildman–Crippen LogP) is 9.05. The molecule has 0 aliphatic heterocycles. The average Bonchev–Trinajstić information content (AvgIpc) is 3.07. The van der Waals surface area contributed by atoms with Crippen LogP contribution in [0.5, 0.6) is 0 Å². The predicted molar refractivity (Wildman–Crippen MR) is 129 cm³/mol. The fraction of sp³-hybridized carbons (Fsp3) is 0.259. The molecule has 1 aliphatic carbocycles. The van der Waals surface area contributed by atoms with Gasteiger partial charge in [-0.05, 0) is 0 Å². The normalized spacial score (nSPS) is 15.7. The van der Waals surface area contributed by atoms with Crippen LogP contribution in [0.1, 0.15) is 46.7 Å². The van der Waals surface area contributed by atoms with Gasteiger partial charge in [0, 0.05) is 0 Å². The van der Waals surface area contributed by atoms with Gasteiger partial charge in [0.05, 0.1) is 0 Å². The van der Waals surface area contributed by atoms with E-state index >= 15 is 0 Å². The molecule has 0 heterocycles. The van der Waals surface area contributed by atoms with E-state index in [1.165, 1.54) is 50.1 Å². The summed E-state index contributed by atoms with van der Waals surface area (Å²) in [5.41, 5.74) is 11.7. The summed E-state index contributed by atoms with van der Waals surface area (Å²) < 4.78 is 0.209. The van der Waals surface area contributed by atoms with Crippen LogP contribution in [-0.2, 0) is 19.4 Å². The summed E-state index contributed by atoms with van der Waals surface area (Å²) in [4.78, 5) is 0. The van der Waals surface area contributed by atoms with E-state index in [2.05, 4.69) is 101 Å². The molecule has 0 fully saturated rings. The van der Waals surface area contributed by atoms with Crippen LogP contribution < -0.4 is 0 Å². The minimum atomic E-state index is -2.58. The van der Waals surface area contributed by atoms with Gasteiger partial charge in [0.1, 0.15) is 0 Å². The van der Waals surface area contributed by atoms with Crippen molar-refractivity contribution < 1.29 is 19.4 Å². The quantitative estimate of drug-likeness (QED) is 0.328. The zero-order valence-electron chi connectivity index (χ0n) is 18.2. The van der Waals surface area contributed by atoms with Crippen molar-refractivity contribution >= 4 is 23.1 Å². The van der Waals surface area contributed by atoms with Crippen molar-refractivity contribution in [3.63, 3.8) is 0 Å². The summed E-state index contributed by atoms with van der Waals surface area (Å²) in [6, 6.07) is 22.0. The van der Waals surface area contributed by atoms with Gasteiger partial charge >= 0.3 is 197 Å². The molecule has 30 heavy (non-hydrogen) atoms. The van der Waals surface area contributed by atoms with Crippen LogP contribution in [-0.4, -0.2) is 0 Å². The van der Waals surface area contributed by atoms with Gasteiger partial charge in [-0.15, -0.1) is 0 Å². The van der Waals surface area contributed by atoms with E-state index < -0.39 is 19.4 Å². The summed E-state index contributed by atoms with van der Waals surface area (Å²) in [7, 11) is 13.5. The Bertz CT molecular complexity index is 1100. The van der Waals surface area contributed by atoms with Crippen LogP contribution >= 0.6 is 17.0 Å². The second kappa shape index (κ2) is 8.42. The van der Waals surface area contributed by atoms with Crippen LogP contribution in [0.4, 0.5) is 0 Å². The summed E-state index contributed by atoms with van der Waals surface area (Å²) in [6.45, 7) is 11.2. The van der Waals surface area contributed by atoms with Crippen molar-refractivity contribution in [2.24, 2.45) is 5.41 Å². The number of rotatable bonds is 3. The monoisotopic (exact) mass is 511 g/mol. The molecule has 0 N–H and O–H groups in total. The number of aryl methyl sites for hydroxylation is 2. The van der Waals surface area contributed by atoms with Gasteiger partial charge in [-0.1, -0.05) is 0 Å². The molecule has 0 aromatic heterocycles. The molecule has 3 aromatic carbocycles. The maximum absolute atomic E-state index is 6.74. The molecule has 0 amide bonds. The van der Waals surface area contributed by atoms with Crippen LogP contribution in [0.25, 0.3) is 28.3 Å². The molecule has 1 unspecified atom stereocenters. The van der Waals surface area contributed by atoms with Crippen LogP contribution in [0.2, 0.25) is 0 Å². The molecule has 0 saturated heterocycles. The fourth-order valence-electron chi connectivity index (χ4n) is 4.62. The number of hydrogen-bond donors (Lipinski definition) is 0. The third-order valence-electron chi connectivity index (χ3n) is 5.88. The third kappa shape index (κ3) is 4.14. The van der Waals surface area contributed by atoms with Gasteiger partial charge in [0.25, 0.3) is 0 Å². The van der Waals surface area contributed by atoms with E-state index in [0.717, 1.165) is 0 Å². The minimum absolute atomic E-state index is 0.0337. The zero-order valence-corrected chi connectivity index (χ0v) is 22.2. The molecule has 153 valence electrons. The van der Waals surface area contributed by atoms with Gasteiger partial charge in [0.15, 0.2) is 0 Å². The molecule has 0 radical (unpaired) electrons. The van der Waals surface area contributed by atoms with Gasteiger partial charge in [-0.2, -0.15) is 0 Å².